The number of rotatable bonds is 6. The maximum Gasteiger partial charge on any atom is 0.280 e. The molecule has 0 saturated heterocycles. The van der Waals surface area contributed by atoms with Crippen molar-refractivity contribution in [2.75, 3.05) is 31.1 Å². The van der Waals surface area contributed by atoms with Gasteiger partial charge < -0.3 is 9.64 Å². The van der Waals surface area contributed by atoms with Crippen molar-refractivity contribution in [2.24, 2.45) is 5.10 Å². The quantitative estimate of drug-likeness (QED) is 0.317. The fourth-order valence-corrected chi connectivity index (χ4v) is 3.94. The van der Waals surface area contributed by atoms with Gasteiger partial charge in [0.1, 0.15) is 5.75 Å². The average Bonchev–Trinajstić information content (AvgIpc) is 3.22. The molecule has 4 rings (SSSR count). The molecule has 0 saturated carbocycles. The number of hydrogen-bond donors (Lipinski definition) is 0. The highest BCUT2D eigenvalue weighted by Crippen LogP contribution is 2.32. The maximum absolute atomic E-state index is 13.4. The molecular formula is C24H22N4O2S. The fourth-order valence-electron chi connectivity index (χ4n) is 2.99. The first-order chi connectivity index (χ1) is 15.0. The summed E-state index contributed by atoms with van der Waals surface area (Å²) in [5.74, 6) is 0.496. The first-order valence-electron chi connectivity index (χ1n) is 9.70. The van der Waals surface area contributed by atoms with Gasteiger partial charge in [-0.05, 0) is 48.0 Å². The van der Waals surface area contributed by atoms with Crippen molar-refractivity contribution < 1.29 is 9.53 Å². The average molecular weight is 431 g/mol. The number of methoxy groups -OCH3 is 1. The summed E-state index contributed by atoms with van der Waals surface area (Å²) < 4.78 is 6.23. The molecule has 0 radical (unpaired) electrons. The molecule has 0 bridgehead atoms. The maximum atomic E-state index is 13.4. The Hall–Kier alpha value is -3.71. The number of thiazole rings is 1. The topological polar surface area (TPSA) is 58.0 Å². The molecule has 0 aliphatic rings. The Balaban J connectivity index is 1.73. The van der Waals surface area contributed by atoms with E-state index in [1.54, 1.807) is 25.5 Å². The number of anilines is 2. The Kier molecular flexibility index (Phi) is 5.95. The third-order valence-electron chi connectivity index (χ3n) is 4.71. The van der Waals surface area contributed by atoms with E-state index in [-0.39, 0.29) is 5.91 Å². The van der Waals surface area contributed by atoms with Crippen LogP contribution in [0.15, 0.2) is 77.9 Å². The molecule has 0 spiro atoms. The lowest BCUT2D eigenvalue weighted by atomic mass is 10.2. The zero-order valence-electron chi connectivity index (χ0n) is 17.5. The predicted octanol–water partition coefficient (Wildman–Crippen LogP) is 5.05. The molecule has 0 N–H and O–H groups in total. The summed E-state index contributed by atoms with van der Waals surface area (Å²) in [6, 6.07) is 22.7. The van der Waals surface area contributed by atoms with Gasteiger partial charge in [0.15, 0.2) is 0 Å². The number of amides is 1. The summed E-state index contributed by atoms with van der Waals surface area (Å²) in [5, 5.41) is 6.35. The van der Waals surface area contributed by atoms with Crippen LogP contribution in [0.4, 0.5) is 10.8 Å². The molecule has 0 atom stereocenters. The molecule has 1 heterocycles. The molecule has 6 nitrogen and oxygen atoms in total. The number of aromatic nitrogens is 1. The third kappa shape index (κ3) is 4.57. The van der Waals surface area contributed by atoms with Crippen LogP contribution >= 0.6 is 11.3 Å². The van der Waals surface area contributed by atoms with Crippen LogP contribution < -0.4 is 14.6 Å². The molecule has 3 aromatic carbocycles. The lowest BCUT2D eigenvalue weighted by Crippen LogP contribution is -2.25. The molecular weight excluding hydrogens is 408 g/mol. The van der Waals surface area contributed by atoms with E-state index in [1.807, 2.05) is 79.7 Å². The minimum Gasteiger partial charge on any atom is -0.497 e. The SMILES string of the molecule is COc1ccc2nc(N(/N=C/c3ccccc3)C(=O)c3ccc(N(C)C)cc3)sc2c1. The number of benzene rings is 3. The van der Waals surface area contributed by atoms with Crippen molar-refractivity contribution in [3.63, 3.8) is 0 Å². The van der Waals surface area contributed by atoms with Crippen LogP contribution in [0.5, 0.6) is 5.75 Å². The van der Waals surface area contributed by atoms with Crippen LogP contribution in [0, 0.1) is 0 Å². The second-order valence-corrected chi connectivity index (χ2v) is 8.05. The molecule has 156 valence electrons. The van der Waals surface area contributed by atoms with E-state index in [9.17, 15) is 4.79 Å². The van der Waals surface area contributed by atoms with Crippen LogP contribution in [0.25, 0.3) is 10.2 Å². The van der Waals surface area contributed by atoms with Gasteiger partial charge in [0.05, 0.1) is 23.5 Å². The minimum atomic E-state index is -0.247. The molecule has 7 heteroatoms. The van der Waals surface area contributed by atoms with Crippen LogP contribution in [-0.2, 0) is 0 Å². The van der Waals surface area contributed by atoms with Crippen LogP contribution in [-0.4, -0.2) is 38.3 Å². The first-order valence-corrected chi connectivity index (χ1v) is 10.5. The van der Waals surface area contributed by atoms with Crippen molar-refractivity contribution in [1.29, 1.82) is 0 Å². The van der Waals surface area contributed by atoms with Gasteiger partial charge in [-0.3, -0.25) is 4.79 Å². The Morgan fingerprint density at radius 1 is 1.03 bits per heavy atom. The van der Waals surface area contributed by atoms with Crippen molar-refractivity contribution in [3.8, 4) is 5.75 Å². The number of ether oxygens (including phenoxy) is 1. The zero-order valence-corrected chi connectivity index (χ0v) is 18.3. The number of carbonyl (C=O) groups is 1. The van der Waals surface area contributed by atoms with Crippen molar-refractivity contribution in [3.05, 3.63) is 83.9 Å². The standard InChI is InChI=1S/C24H22N4O2S/c1-27(2)19-11-9-18(10-12-19)23(29)28(25-16-17-7-5-4-6-8-17)24-26-21-14-13-20(30-3)15-22(21)31-24/h4-16H,1-3H3/b25-16+. The number of carbonyl (C=O) groups excluding carboxylic acids is 1. The van der Waals surface area contributed by atoms with Gasteiger partial charge in [-0.25, -0.2) is 4.98 Å². The van der Waals surface area contributed by atoms with Crippen molar-refractivity contribution in [2.45, 2.75) is 0 Å². The number of nitrogens with zero attached hydrogens (tertiary/aromatic N) is 4. The predicted molar refractivity (Wildman–Crippen MR) is 128 cm³/mol. The molecule has 0 fully saturated rings. The smallest absolute Gasteiger partial charge is 0.280 e. The van der Waals surface area contributed by atoms with Gasteiger partial charge in [0.25, 0.3) is 5.91 Å². The monoisotopic (exact) mass is 430 g/mol. The highest BCUT2D eigenvalue weighted by Gasteiger charge is 2.21. The van der Waals surface area contributed by atoms with E-state index in [4.69, 9.17) is 4.74 Å². The Labute approximate surface area is 185 Å². The van der Waals surface area contributed by atoms with E-state index < -0.39 is 0 Å². The molecule has 0 aliphatic heterocycles. The highest BCUT2D eigenvalue weighted by molar-refractivity contribution is 7.22. The largest absolute Gasteiger partial charge is 0.497 e. The number of hydrazone groups is 1. The van der Waals surface area contributed by atoms with Gasteiger partial charge in [0, 0.05) is 25.3 Å². The second-order valence-electron chi connectivity index (χ2n) is 7.04. The van der Waals surface area contributed by atoms with Crippen molar-refractivity contribution in [1.82, 2.24) is 4.98 Å². The summed E-state index contributed by atoms with van der Waals surface area (Å²) in [5.41, 5.74) is 3.23. The fraction of sp³-hybridized carbons (Fsp3) is 0.125. The second kappa shape index (κ2) is 8.97. The zero-order chi connectivity index (χ0) is 21.8. The lowest BCUT2D eigenvalue weighted by Gasteiger charge is -2.16. The van der Waals surface area contributed by atoms with E-state index in [1.165, 1.54) is 16.3 Å². The van der Waals surface area contributed by atoms with Gasteiger partial charge >= 0.3 is 0 Å². The summed E-state index contributed by atoms with van der Waals surface area (Å²) in [6.45, 7) is 0. The summed E-state index contributed by atoms with van der Waals surface area (Å²) in [6.07, 6.45) is 1.67. The Bertz CT molecular complexity index is 1220. The van der Waals surface area contributed by atoms with E-state index >= 15 is 0 Å². The molecule has 1 aromatic heterocycles. The van der Waals surface area contributed by atoms with Gasteiger partial charge in [-0.2, -0.15) is 10.1 Å². The summed E-state index contributed by atoms with van der Waals surface area (Å²) in [4.78, 5) is 20.0. The Morgan fingerprint density at radius 2 is 1.77 bits per heavy atom. The highest BCUT2D eigenvalue weighted by atomic mass is 32.1. The number of hydrogen-bond acceptors (Lipinski definition) is 6. The van der Waals surface area contributed by atoms with Crippen LogP contribution in [0.3, 0.4) is 0 Å². The molecule has 1 amide bonds. The molecule has 4 aromatic rings. The summed E-state index contributed by atoms with van der Waals surface area (Å²) >= 11 is 1.39. The van der Waals surface area contributed by atoms with Crippen LogP contribution in [0.1, 0.15) is 15.9 Å². The van der Waals surface area contributed by atoms with E-state index in [2.05, 4.69) is 10.1 Å². The van der Waals surface area contributed by atoms with Gasteiger partial charge in [0.2, 0.25) is 5.13 Å². The summed E-state index contributed by atoms with van der Waals surface area (Å²) in [7, 11) is 5.55. The number of fused-ring (bicyclic) bond motifs is 1. The lowest BCUT2D eigenvalue weighted by molar-refractivity contribution is 0.0988. The third-order valence-corrected chi connectivity index (χ3v) is 5.70. The normalized spacial score (nSPS) is 11.1. The van der Waals surface area contributed by atoms with E-state index in [0.717, 1.165) is 27.2 Å². The van der Waals surface area contributed by atoms with Gasteiger partial charge in [-0.1, -0.05) is 41.7 Å². The molecule has 31 heavy (non-hydrogen) atoms. The molecule has 0 unspecified atom stereocenters. The van der Waals surface area contributed by atoms with Crippen molar-refractivity contribution >= 4 is 44.5 Å². The minimum absolute atomic E-state index is 0.247. The first kappa shape index (κ1) is 20.6. The van der Waals surface area contributed by atoms with Crippen LogP contribution in [0.2, 0.25) is 0 Å². The van der Waals surface area contributed by atoms with Gasteiger partial charge in [-0.15, -0.1) is 0 Å². The van der Waals surface area contributed by atoms with E-state index in [0.29, 0.717) is 10.7 Å². The Morgan fingerprint density at radius 3 is 2.45 bits per heavy atom. The molecule has 0 aliphatic carbocycles.